The number of fused-ring (bicyclic) bond motifs is 3. The monoisotopic (exact) mass is 358 g/mol. The van der Waals surface area contributed by atoms with Crippen molar-refractivity contribution < 1.29 is 13.9 Å². The van der Waals surface area contributed by atoms with Gasteiger partial charge in [-0.2, -0.15) is 0 Å². The normalized spacial score (nSPS) is 16.8. The number of aryl methyl sites for hydroxylation is 1. The maximum atomic E-state index is 12.9. The highest BCUT2D eigenvalue weighted by atomic mass is 32.1. The molecule has 0 amide bonds. The number of esters is 1. The summed E-state index contributed by atoms with van der Waals surface area (Å²) in [5, 5.41) is 0.745. The van der Waals surface area contributed by atoms with E-state index in [0.717, 1.165) is 29.5 Å². The first kappa shape index (κ1) is 16.1. The zero-order valence-corrected chi connectivity index (χ0v) is 14.9. The van der Waals surface area contributed by atoms with E-state index in [-0.39, 0.29) is 17.9 Å². The van der Waals surface area contributed by atoms with Crippen molar-refractivity contribution in [3.8, 4) is 0 Å². The van der Waals surface area contributed by atoms with E-state index in [1.807, 2.05) is 0 Å². The van der Waals surface area contributed by atoms with Crippen LogP contribution in [0.5, 0.6) is 0 Å². The van der Waals surface area contributed by atoms with Gasteiger partial charge in [-0.15, -0.1) is 11.3 Å². The van der Waals surface area contributed by atoms with Gasteiger partial charge >= 0.3 is 5.97 Å². The van der Waals surface area contributed by atoms with Crippen molar-refractivity contribution in [1.82, 2.24) is 9.55 Å². The molecule has 1 aliphatic rings. The molecule has 7 heteroatoms. The number of carbonyl (C=O) groups is 1. The number of ether oxygens (including phenoxy) is 1. The highest BCUT2D eigenvalue weighted by Crippen LogP contribution is 2.35. The number of methoxy groups -OCH3 is 1. The Balaban J connectivity index is 1.71. The van der Waals surface area contributed by atoms with Gasteiger partial charge in [0.05, 0.1) is 25.4 Å². The Bertz CT molecular complexity index is 1010. The Morgan fingerprint density at radius 1 is 1.48 bits per heavy atom. The summed E-state index contributed by atoms with van der Waals surface area (Å²) < 4.78 is 11.6. The molecule has 0 saturated carbocycles. The molecule has 0 saturated heterocycles. The van der Waals surface area contributed by atoms with Crippen LogP contribution in [0.15, 0.2) is 27.7 Å². The molecule has 0 radical (unpaired) electrons. The third kappa shape index (κ3) is 2.78. The van der Waals surface area contributed by atoms with Gasteiger partial charge in [-0.3, -0.25) is 9.36 Å². The SMILES string of the molecule is COC(=O)c1ccc(Cn2cnc3sc4c(c3c2=O)CC[C@H](C)C4)o1. The molecule has 0 N–H and O–H groups in total. The van der Waals surface area contributed by atoms with E-state index in [4.69, 9.17) is 4.42 Å². The van der Waals surface area contributed by atoms with Crippen molar-refractivity contribution in [3.63, 3.8) is 0 Å². The Hall–Kier alpha value is -2.41. The second kappa shape index (κ2) is 6.15. The Morgan fingerprint density at radius 2 is 2.32 bits per heavy atom. The summed E-state index contributed by atoms with van der Waals surface area (Å²) in [6.07, 6.45) is 4.62. The van der Waals surface area contributed by atoms with E-state index >= 15 is 0 Å². The van der Waals surface area contributed by atoms with E-state index in [1.165, 1.54) is 22.1 Å². The maximum Gasteiger partial charge on any atom is 0.373 e. The average Bonchev–Trinajstić information content (AvgIpc) is 3.20. The van der Waals surface area contributed by atoms with Gasteiger partial charge in [0.25, 0.3) is 5.56 Å². The summed E-state index contributed by atoms with van der Waals surface area (Å²) in [6, 6.07) is 3.22. The molecule has 0 spiro atoms. The fourth-order valence-electron chi connectivity index (χ4n) is 3.32. The molecule has 0 bridgehead atoms. The van der Waals surface area contributed by atoms with Crippen molar-refractivity contribution >= 4 is 27.5 Å². The number of nitrogens with zero attached hydrogens (tertiary/aromatic N) is 2. The van der Waals surface area contributed by atoms with Gasteiger partial charge in [0.1, 0.15) is 10.6 Å². The molecule has 130 valence electrons. The van der Waals surface area contributed by atoms with Crippen LogP contribution in [0.3, 0.4) is 0 Å². The molecular formula is C18H18N2O4S. The molecule has 0 aliphatic heterocycles. The van der Waals surface area contributed by atoms with Crippen LogP contribution in [-0.4, -0.2) is 22.6 Å². The first-order valence-electron chi connectivity index (χ1n) is 8.23. The lowest BCUT2D eigenvalue weighted by Crippen LogP contribution is -2.22. The number of aromatic nitrogens is 2. The Morgan fingerprint density at radius 3 is 3.12 bits per heavy atom. The average molecular weight is 358 g/mol. The topological polar surface area (TPSA) is 74.3 Å². The largest absolute Gasteiger partial charge is 0.463 e. The lowest BCUT2D eigenvalue weighted by atomic mass is 9.89. The van der Waals surface area contributed by atoms with Crippen LogP contribution in [0.2, 0.25) is 0 Å². The molecule has 25 heavy (non-hydrogen) atoms. The molecule has 1 atom stereocenters. The van der Waals surface area contributed by atoms with E-state index in [1.54, 1.807) is 29.8 Å². The summed E-state index contributed by atoms with van der Waals surface area (Å²) >= 11 is 1.63. The number of thiophene rings is 1. The van der Waals surface area contributed by atoms with Gasteiger partial charge in [-0.1, -0.05) is 6.92 Å². The fraction of sp³-hybridized carbons (Fsp3) is 0.389. The van der Waals surface area contributed by atoms with Crippen LogP contribution < -0.4 is 5.56 Å². The van der Waals surface area contributed by atoms with Crippen LogP contribution in [0.4, 0.5) is 0 Å². The van der Waals surface area contributed by atoms with Gasteiger partial charge < -0.3 is 9.15 Å². The predicted molar refractivity (Wildman–Crippen MR) is 94.2 cm³/mol. The van der Waals surface area contributed by atoms with E-state index in [2.05, 4.69) is 16.6 Å². The zero-order valence-electron chi connectivity index (χ0n) is 14.1. The highest BCUT2D eigenvalue weighted by molar-refractivity contribution is 7.18. The van der Waals surface area contributed by atoms with Crippen LogP contribution in [-0.2, 0) is 24.1 Å². The van der Waals surface area contributed by atoms with Crippen molar-refractivity contribution in [2.45, 2.75) is 32.7 Å². The molecule has 0 aromatic carbocycles. The number of hydrogen-bond acceptors (Lipinski definition) is 6. The Kier molecular flexibility index (Phi) is 3.95. The smallest absolute Gasteiger partial charge is 0.373 e. The first-order chi connectivity index (χ1) is 12.1. The minimum Gasteiger partial charge on any atom is -0.463 e. The van der Waals surface area contributed by atoms with Crippen LogP contribution >= 0.6 is 11.3 Å². The molecule has 4 rings (SSSR count). The van der Waals surface area contributed by atoms with Gasteiger partial charge in [0.15, 0.2) is 0 Å². The van der Waals surface area contributed by atoms with Crippen LogP contribution in [0, 0.1) is 5.92 Å². The maximum absolute atomic E-state index is 12.9. The van der Waals surface area contributed by atoms with E-state index in [9.17, 15) is 9.59 Å². The third-order valence-electron chi connectivity index (χ3n) is 4.66. The Labute approximate surface area is 148 Å². The molecule has 3 heterocycles. The lowest BCUT2D eigenvalue weighted by molar-refractivity contribution is 0.0563. The second-order valence-corrected chi connectivity index (χ2v) is 7.55. The molecule has 0 fully saturated rings. The van der Waals surface area contributed by atoms with E-state index in [0.29, 0.717) is 11.7 Å². The molecular weight excluding hydrogens is 340 g/mol. The zero-order chi connectivity index (χ0) is 17.6. The lowest BCUT2D eigenvalue weighted by Gasteiger charge is -2.17. The quantitative estimate of drug-likeness (QED) is 0.673. The van der Waals surface area contributed by atoms with Gasteiger partial charge in [0, 0.05) is 4.88 Å². The minimum atomic E-state index is -0.534. The number of furan rings is 1. The molecule has 0 unspecified atom stereocenters. The second-order valence-electron chi connectivity index (χ2n) is 6.47. The number of rotatable bonds is 3. The number of carbonyl (C=O) groups excluding carboxylic acids is 1. The van der Waals surface area contributed by atoms with Crippen molar-refractivity contribution in [2.24, 2.45) is 5.92 Å². The van der Waals surface area contributed by atoms with Gasteiger partial charge in [-0.05, 0) is 42.9 Å². The highest BCUT2D eigenvalue weighted by Gasteiger charge is 2.23. The number of hydrogen-bond donors (Lipinski definition) is 0. The molecule has 3 aromatic heterocycles. The summed E-state index contributed by atoms with van der Waals surface area (Å²) in [4.78, 5) is 31.0. The van der Waals surface area contributed by atoms with Crippen molar-refractivity contribution in [3.05, 3.63) is 50.8 Å². The molecule has 3 aromatic rings. The summed E-state index contributed by atoms with van der Waals surface area (Å²) in [7, 11) is 1.30. The van der Waals surface area contributed by atoms with Crippen molar-refractivity contribution in [1.29, 1.82) is 0 Å². The molecule has 6 nitrogen and oxygen atoms in total. The van der Waals surface area contributed by atoms with Gasteiger partial charge in [0.2, 0.25) is 5.76 Å². The summed E-state index contributed by atoms with van der Waals surface area (Å²) in [5.41, 5.74) is 1.12. The fourth-order valence-corrected chi connectivity index (χ4v) is 4.66. The van der Waals surface area contributed by atoms with Gasteiger partial charge in [-0.25, -0.2) is 9.78 Å². The van der Waals surface area contributed by atoms with Crippen LogP contribution in [0.1, 0.15) is 40.1 Å². The first-order valence-corrected chi connectivity index (χ1v) is 9.05. The standard InChI is InChI=1S/C18H18N2O4S/c1-10-3-5-12-14(7-10)25-16-15(12)17(21)20(9-19-16)8-11-4-6-13(24-11)18(22)23-2/h4,6,9-10H,3,5,7-8H2,1-2H3/t10-/m0/s1. The summed E-state index contributed by atoms with van der Waals surface area (Å²) in [6.45, 7) is 2.48. The predicted octanol–water partition coefficient (Wildman–Crippen LogP) is 3.01. The van der Waals surface area contributed by atoms with Crippen molar-refractivity contribution in [2.75, 3.05) is 7.11 Å². The van der Waals surface area contributed by atoms with Crippen LogP contribution in [0.25, 0.3) is 10.2 Å². The molecule has 1 aliphatic carbocycles. The summed E-state index contributed by atoms with van der Waals surface area (Å²) in [5.74, 6) is 0.763. The van der Waals surface area contributed by atoms with E-state index < -0.39 is 5.97 Å². The minimum absolute atomic E-state index is 0.0481. The third-order valence-corrected chi connectivity index (χ3v) is 5.82.